The fraction of sp³-hybridized carbons (Fsp3) is 0.240. The molecule has 1 atom stereocenters. The fourth-order valence-corrected chi connectivity index (χ4v) is 4.76. The number of anilines is 1. The minimum Gasteiger partial charge on any atom is -0.496 e. The van der Waals surface area contributed by atoms with Gasteiger partial charge in [-0.15, -0.1) is 0 Å². The summed E-state index contributed by atoms with van der Waals surface area (Å²) in [6.07, 6.45) is 0.214. The molecule has 0 aliphatic heterocycles. The lowest BCUT2D eigenvalue weighted by molar-refractivity contribution is -0.117. The maximum Gasteiger partial charge on any atom is 0.242 e. The summed E-state index contributed by atoms with van der Waals surface area (Å²) < 4.78 is 34.1. The zero-order chi connectivity index (χ0) is 23.3. The van der Waals surface area contributed by atoms with Gasteiger partial charge in [0, 0.05) is 5.69 Å². The number of nitrogens with one attached hydrogen (secondary N) is 2. The van der Waals surface area contributed by atoms with Crippen LogP contribution in [0.25, 0.3) is 0 Å². The zero-order valence-corrected chi connectivity index (χ0v) is 19.5. The van der Waals surface area contributed by atoms with Gasteiger partial charge in [-0.3, -0.25) is 4.79 Å². The van der Waals surface area contributed by atoms with E-state index >= 15 is 0 Å². The van der Waals surface area contributed by atoms with Gasteiger partial charge in [-0.2, -0.15) is 4.72 Å². The first-order chi connectivity index (χ1) is 15.2. The smallest absolute Gasteiger partial charge is 0.242 e. The molecule has 7 heteroatoms. The van der Waals surface area contributed by atoms with Crippen LogP contribution in [0.2, 0.25) is 0 Å². The molecular weight excluding hydrogens is 424 g/mol. The van der Waals surface area contributed by atoms with Crippen molar-refractivity contribution in [3.05, 3.63) is 89.0 Å². The quantitative estimate of drug-likeness (QED) is 0.538. The number of carbonyl (C=O) groups excluding carboxylic acids is 1. The molecule has 168 valence electrons. The molecule has 0 radical (unpaired) electrons. The first-order valence-corrected chi connectivity index (χ1v) is 11.8. The van der Waals surface area contributed by atoms with E-state index in [9.17, 15) is 13.2 Å². The molecule has 0 bridgehead atoms. The van der Waals surface area contributed by atoms with Crippen LogP contribution in [0.5, 0.6) is 5.75 Å². The van der Waals surface area contributed by atoms with Crippen LogP contribution in [0.4, 0.5) is 5.69 Å². The summed E-state index contributed by atoms with van der Waals surface area (Å²) in [5.41, 5.74) is 4.18. The Bertz CT molecular complexity index is 1210. The van der Waals surface area contributed by atoms with Crippen molar-refractivity contribution in [1.29, 1.82) is 0 Å². The Kier molecular flexibility index (Phi) is 7.33. The van der Waals surface area contributed by atoms with Crippen molar-refractivity contribution in [3.63, 3.8) is 0 Å². The van der Waals surface area contributed by atoms with E-state index in [1.807, 2.05) is 62.4 Å². The number of hydrogen-bond acceptors (Lipinski definition) is 4. The highest BCUT2D eigenvalue weighted by molar-refractivity contribution is 7.89. The molecule has 0 aliphatic carbocycles. The van der Waals surface area contributed by atoms with Gasteiger partial charge in [0.15, 0.2) is 0 Å². The third-order valence-corrected chi connectivity index (χ3v) is 6.68. The highest BCUT2D eigenvalue weighted by atomic mass is 32.2. The molecule has 3 aromatic rings. The van der Waals surface area contributed by atoms with Gasteiger partial charge >= 0.3 is 0 Å². The van der Waals surface area contributed by atoms with Gasteiger partial charge in [0.2, 0.25) is 15.9 Å². The van der Waals surface area contributed by atoms with Crippen LogP contribution in [0.1, 0.15) is 22.3 Å². The van der Waals surface area contributed by atoms with E-state index in [1.165, 1.54) is 19.2 Å². The number of sulfonamides is 1. The molecule has 0 unspecified atom stereocenters. The summed E-state index contributed by atoms with van der Waals surface area (Å²) >= 11 is 0. The highest BCUT2D eigenvalue weighted by Gasteiger charge is 2.27. The first-order valence-electron chi connectivity index (χ1n) is 10.3. The second-order valence-corrected chi connectivity index (χ2v) is 9.52. The number of hydrogen-bond donors (Lipinski definition) is 2. The second kappa shape index (κ2) is 9.97. The topological polar surface area (TPSA) is 84.5 Å². The Labute approximate surface area is 189 Å². The van der Waals surface area contributed by atoms with Crippen LogP contribution < -0.4 is 14.8 Å². The van der Waals surface area contributed by atoms with E-state index in [1.54, 1.807) is 13.0 Å². The van der Waals surface area contributed by atoms with Crippen LogP contribution in [-0.4, -0.2) is 27.5 Å². The van der Waals surface area contributed by atoms with Crippen LogP contribution >= 0.6 is 0 Å². The molecule has 32 heavy (non-hydrogen) atoms. The summed E-state index contributed by atoms with van der Waals surface area (Å²) in [6, 6.07) is 18.6. The summed E-state index contributed by atoms with van der Waals surface area (Å²) in [4.78, 5) is 13.2. The number of rotatable bonds is 8. The van der Waals surface area contributed by atoms with E-state index in [0.29, 0.717) is 17.0 Å². The lowest BCUT2D eigenvalue weighted by atomic mass is 10.1. The minimum atomic E-state index is -3.95. The molecular formula is C25H28N2O4S. The third-order valence-electron chi connectivity index (χ3n) is 5.21. The van der Waals surface area contributed by atoms with E-state index < -0.39 is 22.0 Å². The zero-order valence-electron chi connectivity index (χ0n) is 18.7. The van der Waals surface area contributed by atoms with Crippen molar-refractivity contribution >= 4 is 21.6 Å². The lowest BCUT2D eigenvalue weighted by Crippen LogP contribution is -2.45. The number of ether oxygens (including phenoxy) is 1. The molecule has 2 N–H and O–H groups in total. The lowest BCUT2D eigenvalue weighted by Gasteiger charge is -2.20. The Morgan fingerprint density at radius 3 is 2.28 bits per heavy atom. The molecule has 0 saturated heterocycles. The molecule has 0 aromatic heterocycles. The normalized spacial score (nSPS) is 12.2. The van der Waals surface area contributed by atoms with Gasteiger partial charge in [0.25, 0.3) is 0 Å². The van der Waals surface area contributed by atoms with Crippen molar-refractivity contribution in [2.75, 3.05) is 12.4 Å². The van der Waals surface area contributed by atoms with Crippen LogP contribution in [-0.2, 0) is 21.2 Å². The average molecular weight is 453 g/mol. The molecule has 0 saturated carbocycles. The number of benzene rings is 3. The van der Waals surface area contributed by atoms with Gasteiger partial charge in [0.1, 0.15) is 11.8 Å². The number of aryl methyl sites for hydroxylation is 3. The van der Waals surface area contributed by atoms with Gasteiger partial charge in [-0.1, -0.05) is 48.0 Å². The number of carbonyl (C=O) groups is 1. The van der Waals surface area contributed by atoms with Crippen molar-refractivity contribution in [3.8, 4) is 5.75 Å². The molecule has 6 nitrogen and oxygen atoms in total. The fourth-order valence-electron chi connectivity index (χ4n) is 3.48. The molecule has 0 spiro atoms. The van der Waals surface area contributed by atoms with E-state index in [0.717, 1.165) is 16.7 Å². The van der Waals surface area contributed by atoms with Gasteiger partial charge < -0.3 is 10.1 Å². The SMILES string of the molecule is COc1ccc(S(=O)(=O)N[C@H](Cc2ccccc2)C(=O)Nc2ccc(C)cc2C)cc1C. The molecule has 0 aliphatic rings. The summed E-state index contributed by atoms with van der Waals surface area (Å²) in [7, 11) is -2.42. The van der Waals surface area contributed by atoms with E-state index in [-0.39, 0.29) is 11.3 Å². The van der Waals surface area contributed by atoms with Crippen molar-refractivity contribution in [1.82, 2.24) is 4.72 Å². The Balaban J connectivity index is 1.89. The third kappa shape index (κ3) is 5.75. The minimum absolute atomic E-state index is 0.0770. The maximum atomic E-state index is 13.2. The van der Waals surface area contributed by atoms with Gasteiger partial charge in [0.05, 0.1) is 12.0 Å². The first kappa shape index (κ1) is 23.5. The maximum absolute atomic E-state index is 13.2. The summed E-state index contributed by atoms with van der Waals surface area (Å²) in [6.45, 7) is 5.65. The Hall–Kier alpha value is -3.16. The number of methoxy groups -OCH3 is 1. The molecule has 0 fully saturated rings. The average Bonchev–Trinajstić information content (AvgIpc) is 2.75. The summed E-state index contributed by atoms with van der Waals surface area (Å²) in [5.74, 6) is 0.173. The highest BCUT2D eigenvalue weighted by Crippen LogP contribution is 2.22. The van der Waals surface area contributed by atoms with Gasteiger partial charge in [-0.25, -0.2) is 8.42 Å². The van der Waals surface area contributed by atoms with E-state index in [2.05, 4.69) is 10.0 Å². The van der Waals surface area contributed by atoms with Gasteiger partial charge in [-0.05, 0) is 68.1 Å². The Morgan fingerprint density at radius 2 is 1.66 bits per heavy atom. The molecule has 0 heterocycles. The standard InChI is InChI=1S/C25H28N2O4S/c1-17-10-12-22(18(2)14-17)26-25(28)23(16-20-8-6-5-7-9-20)27-32(29,30)21-11-13-24(31-4)19(3)15-21/h5-15,23,27H,16H2,1-4H3,(H,26,28)/t23-/m1/s1. The number of amides is 1. The predicted octanol–water partition coefficient (Wildman–Crippen LogP) is 4.15. The van der Waals surface area contributed by atoms with Crippen molar-refractivity contribution in [2.24, 2.45) is 0 Å². The van der Waals surface area contributed by atoms with Crippen LogP contribution in [0.3, 0.4) is 0 Å². The monoisotopic (exact) mass is 452 g/mol. The largest absolute Gasteiger partial charge is 0.496 e. The predicted molar refractivity (Wildman–Crippen MR) is 127 cm³/mol. The van der Waals surface area contributed by atoms with Crippen molar-refractivity contribution in [2.45, 2.75) is 38.1 Å². The molecule has 1 amide bonds. The second-order valence-electron chi connectivity index (χ2n) is 7.80. The van der Waals surface area contributed by atoms with Crippen LogP contribution in [0.15, 0.2) is 71.6 Å². The Morgan fingerprint density at radius 1 is 0.938 bits per heavy atom. The van der Waals surface area contributed by atoms with E-state index in [4.69, 9.17) is 4.74 Å². The molecule has 3 aromatic carbocycles. The summed E-state index contributed by atoms with van der Waals surface area (Å²) in [5, 5.41) is 2.88. The van der Waals surface area contributed by atoms with Crippen molar-refractivity contribution < 1.29 is 17.9 Å². The van der Waals surface area contributed by atoms with Crippen LogP contribution in [0, 0.1) is 20.8 Å². The molecule has 3 rings (SSSR count).